The van der Waals surface area contributed by atoms with Crippen molar-refractivity contribution in [2.24, 2.45) is 0 Å². The van der Waals surface area contributed by atoms with Gasteiger partial charge in [0.15, 0.2) is 0 Å². The largest absolute Gasteiger partial charge is 0.465 e. The fourth-order valence-corrected chi connectivity index (χ4v) is 2.97. The van der Waals surface area contributed by atoms with Crippen LogP contribution in [0.25, 0.3) is 6.08 Å². The SMILES string of the molecule is COC(=O)c1cccc(NC(=O)C(=Cc2ccccc2)NC(=O)c2ccccc2Cl)c1. The molecular weight excluding hydrogens is 416 g/mol. The Kier molecular flexibility index (Phi) is 7.19. The average molecular weight is 435 g/mol. The van der Waals surface area contributed by atoms with E-state index in [0.717, 1.165) is 5.56 Å². The van der Waals surface area contributed by atoms with E-state index in [1.807, 2.05) is 18.2 Å². The van der Waals surface area contributed by atoms with Crippen LogP contribution in [0.1, 0.15) is 26.3 Å². The van der Waals surface area contributed by atoms with Gasteiger partial charge in [0, 0.05) is 5.69 Å². The number of benzene rings is 3. The Morgan fingerprint density at radius 2 is 1.61 bits per heavy atom. The lowest BCUT2D eigenvalue weighted by Crippen LogP contribution is -2.31. The Morgan fingerprint density at radius 1 is 0.903 bits per heavy atom. The minimum atomic E-state index is -0.564. The number of amides is 2. The number of carbonyl (C=O) groups excluding carboxylic acids is 3. The first-order chi connectivity index (χ1) is 15.0. The summed E-state index contributed by atoms with van der Waals surface area (Å²) in [5, 5.41) is 5.58. The number of anilines is 1. The van der Waals surface area contributed by atoms with Gasteiger partial charge in [-0.1, -0.05) is 60.1 Å². The number of carbonyl (C=O) groups is 3. The first-order valence-electron chi connectivity index (χ1n) is 9.30. The van der Waals surface area contributed by atoms with Crippen molar-refractivity contribution in [3.05, 3.63) is 106 Å². The Balaban J connectivity index is 1.89. The maximum absolute atomic E-state index is 13.0. The normalized spacial score (nSPS) is 10.8. The molecule has 0 unspecified atom stereocenters. The van der Waals surface area contributed by atoms with Crippen LogP contribution in [0.4, 0.5) is 5.69 Å². The summed E-state index contributed by atoms with van der Waals surface area (Å²) in [4.78, 5) is 37.4. The van der Waals surface area contributed by atoms with Crippen LogP contribution in [-0.2, 0) is 9.53 Å². The van der Waals surface area contributed by atoms with E-state index in [-0.39, 0.29) is 21.8 Å². The monoisotopic (exact) mass is 434 g/mol. The first-order valence-corrected chi connectivity index (χ1v) is 9.68. The van der Waals surface area contributed by atoms with Gasteiger partial charge in [-0.25, -0.2) is 4.79 Å². The number of nitrogens with one attached hydrogen (secondary N) is 2. The zero-order valence-corrected chi connectivity index (χ0v) is 17.3. The average Bonchev–Trinajstić information content (AvgIpc) is 2.79. The molecular formula is C24H19ClN2O4. The summed E-state index contributed by atoms with van der Waals surface area (Å²) in [5.41, 5.74) is 1.63. The number of esters is 1. The second-order valence-corrected chi connectivity index (χ2v) is 6.84. The van der Waals surface area contributed by atoms with Gasteiger partial charge in [-0.15, -0.1) is 0 Å². The van der Waals surface area contributed by atoms with Crippen molar-refractivity contribution in [2.45, 2.75) is 0 Å². The molecule has 0 bridgehead atoms. The van der Waals surface area contributed by atoms with Gasteiger partial charge in [0.25, 0.3) is 11.8 Å². The predicted molar refractivity (Wildman–Crippen MR) is 120 cm³/mol. The molecule has 0 aliphatic rings. The topological polar surface area (TPSA) is 84.5 Å². The number of methoxy groups -OCH3 is 1. The van der Waals surface area contributed by atoms with Gasteiger partial charge >= 0.3 is 5.97 Å². The Hall–Kier alpha value is -3.90. The van der Waals surface area contributed by atoms with Crippen LogP contribution in [0.3, 0.4) is 0 Å². The molecule has 2 amide bonds. The fourth-order valence-electron chi connectivity index (χ4n) is 2.75. The molecule has 0 aliphatic carbocycles. The molecule has 156 valence electrons. The van der Waals surface area contributed by atoms with Gasteiger partial charge in [-0.2, -0.15) is 0 Å². The number of hydrogen-bond donors (Lipinski definition) is 2. The fraction of sp³-hybridized carbons (Fsp3) is 0.0417. The van der Waals surface area contributed by atoms with Gasteiger partial charge in [-0.3, -0.25) is 9.59 Å². The zero-order valence-electron chi connectivity index (χ0n) is 16.6. The minimum absolute atomic E-state index is 0.0135. The van der Waals surface area contributed by atoms with E-state index in [4.69, 9.17) is 16.3 Å². The summed E-state index contributed by atoms with van der Waals surface area (Å²) >= 11 is 6.11. The van der Waals surface area contributed by atoms with Crippen molar-refractivity contribution in [2.75, 3.05) is 12.4 Å². The molecule has 7 heteroatoms. The zero-order chi connectivity index (χ0) is 22.2. The van der Waals surface area contributed by atoms with E-state index in [1.165, 1.54) is 13.2 Å². The molecule has 0 aromatic heterocycles. The summed E-state index contributed by atoms with van der Waals surface area (Å²) in [6.07, 6.45) is 1.55. The number of ether oxygens (including phenoxy) is 1. The lowest BCUT2D eigenvalue weighted by Gasteiger charge is -2.12. The van der Waals surface area contributed by atoms with E-state index < -0.39 is 17.8 Å². The highest BCUT2D eigenvalue weighted by Gasteiger charge is 2.17. The summed E-state index contributed by atoms with van der Waals surface area (Å²) in [7, 11) is 1.28. The van der Waals surface area contributed by atoms with Crippen molar-refractivity contribution < 1.29 is 19.1 Å². The van der Waals surface area contributed by atoms with Gasteiger partial charge in [0.1, 0.15) is 5.70 Å². The molecule has 3 aromatic carbocycles. The van der Waals surface area contributed by atoms with Crippen LogP contribution in [-0.4, -0.2) is 24.9 Å². The third-order valence-electron chi connectivity index (χ3n) is 4.26. The van der Waals surface area contributed by atoms with Gasteiger partial charge in [0.2, 0.25) is 0 Å². The van der Waals surface area contributed by atoms with Crippen molar-refractivity contribution in [1.29, 1.82) is 0 Å². The van der Waals surface area contributed by atoms with Crippen molar-refractivity contribution in [3.8, 4) is 0 Å². The van der Waals surface area contributed by atoms with E-state index in [2.05, 4.69) is 10.6 Å². The molecule has 0 atom stereocenters. The Morgan fingerprint density at radius 3 is 2.32 bits per heavy atom. The van der Waals surface area contributed by atoms with Crippen molar-refractivity contribution in [1.82, 2.24) is 5.32 Å². The van der Waals surface area contributed by atoms with Gasteiger partial charge in [0.05, 0.1) is 23.3 Å². The molecule has 6 nitrogen and oxygen atoms in total. The van der Waals surface area contributed by atoms with Crippen LogP contribution in [0, 0.1) is 0 Å². The van der Waals surface area contributed by atoms with E-state index in [1.54, 1.807) is 60.7 Å². The number of rotatable bonds is 6. The maximum atomic E-state index is 13.0. The van der Waals surface area contributed by atoms with E-state index in [9.17, 15) is 14.4 Å². The third kappa shape index (κ3) is 5.81. The summed E-state index contributed by atoms with van der Waals surface area (Å²) < 4.78 is 4.70. The highest BCUT2D eigenvalue weighted by atomic mass is 35.5. The van der Waals surface area contributed by atoms with Crippen molar-refractivity contribution in [3.63, 3.8) is 0 Å². The minimum Gasteiger partial charge on any atom is -0.465 e. The molecule has 2 N–H and O–H groups in total. The standard InChI is InChI=1S/C24H19ClN2O4/c1-31-24(30)17-10-7-11-18(15-17)26-23(29)21(14-16-8-3-2-4-9-16)27-22(28)19-12-5-6-13-20(19)25/h2-15H,1H3,(H,26,29)(H,27,28). The van der Waals surface area contributed by atoms with Crippen LogP contribution >= 0.6 is 11.6 Å². The summed E-state index contributed by atoms with van der Waals surface area (Å²) in [5.74, 6) is -1.61. The predicted octanol–water partition coefficient (Wildman–Crippen LogP) is 4.54. The number of hydrogen-bond acceptors (Lipinski definition) is 4. The molecule has 0 saturated carbocycles. The Bertz CT molecular complexity index is 1140. The van der Waals surface area contributed by atoms with Crippen LogP contribution < -0.4 is 10.6 Å². The molecule has 3 rings (SSSR count). The molecule has 0 aliphatic heterocycles. The lowest BCUT2D eigenvalue weighted by molar-refractivity contribution is -0.113. The molecule has 0 radical (unpaired) electrons. The highest BCUT2D eigenvalue weighted by molar-refractivity contribution is 6.34. The molecule has 0 saturated heterocycles. The Labute approximate surface area is 184 Å². The van der Waals surface area contributed by atoms with Crippen LogP contribution in [0.5, 0.6) is 0 Å². The van der Waals surface area contributed by atoms with E-state index in [0.29, 0.717) is 5.69 Å². The van der Waals surface area contributed by atoms with Crippen LogP contribution in [0.15, 0.2) is 84.6 Å². The molecule has 0 fully saturated rings. The molecule has 31 heavy (non-hydrogen) atoms. The summed E-state index contributed by atoms with van der Waals surface area (Å²) in [6.45, 7) is 0. The smallest absolute Gasteiger partial charge is 0.337 e. The first kappa shape index (κ1) is 21.8. The van der Waals surface area contributed by atoms with Crippen molar-refractivity contribution >= 4 is 41.1 Å². The second kappa shape index (κ2) is 10.2. The van der Waals surface area contributed by atoms with Gasteiger partial charge < -0.3 is 15.4 Å². The quantitative estimate of drug-likeness (QED) is 0.440. The molecule has 3 aromatic rings. The summed E-state index contributed by atoms with van der Waals surface area (Å²) in [6, 6.07) is 21.9. The van der Waals surface area contributed by atoms with Crippen LogP contribution in [0.2, 0.25) is 5.02 Å². The second-order valence-electron chi connectivity index (χ2n) is 6.43. The third-order valence-corrected chi connectivity index (χ3v) is 4.59. The number of halogens is 1. The molecule has 0 heterocycles. The molecule has 0 spiro atoms. The maximum Gasteiger partial charge on any atom is 0.337 e. The highest BCUT2D eigenvalue weighted by Crippen LogP contribution is 2.17. The van der Waals surface area contributed by atoms with E-state index >= 15 is 0 Å². The lowest BCUT2D eigenvalue weighted by atomic mass is 10.1. The van der Waals surface area contributed by atoms with Gasteiger partial charge in [-0.05, 0) is 42.0 Å².